The van der Waals surface area contributed by atoms with E-state index >= 15 is 0 Å². The molecule has 0 saturated carbocycles. The van der Waals surface area contributed by atoms with Gasteiger partial charge in [0.25, 0.3) is 0 Å². The van der Waals surface area contributed by atoms with Gasteiger partial charge in [0, 0.05) is 36.6 Å². The van der Waals surface area contributed by atoms with E-state index in [1.807, 2.05) is 0 Å². The van der Waals surface area contributed by atoms with E-state index in [0.29, 0.717) is 0 Å². The van der Waals surface area contributed by atoms with Gasteiger partial charge in [0.15, 0.2) is 11.6 Å². The van der Waals surface area contributed by atoms with Gasteiger partial charge in [-0.05, 0) is 6.07 Å². The summed E-state index contributed by atoms with van der Waals surface area (Å²) in [5.41, 5.74) is -3.01. The molecular formula is C22H20O9. The molecule has 4 N–H and O–H groups in total. The highest BCUT2D eigenvalue weighted by Crippen LogP contribution is 2.51. The molecule has 0 saturated heterocycles. The molecule has 0 fully saturated rings. The van der Waals surface area contributed by atoms with Gasteiger partial charge in [-0.2, -0.15) is 0 Å². The first-order valence-electron chi connectivity index (χ1n) is 9.46. The summed E-state index contributed by atoms with van der Waals surface area (Å²) in [5, 5.41) is 42.1. The molecule has 2 aliphatic rings. The van der Waals surface area contributed by atoms with Crippen LogP contribution in [0.3, 0.4) is 0 Å². The molecule has 9 nitrogen and oxygen atoms in total. The standard InChI is InChI=1S/C22H20O9/c1-30-11-5-3-4-9-14(11)20(27)17-16(18(9)25)19(26)10-6-22(29,13(24)8-23)7-12(31-2)15(10)21(17)28/h3-5,12,23,26,28-29H,6-8H2,1-2H3/t12-,22-/m0/s1. The Bertz CT molecular complexity index is 1150. The van der Waals surface area contributed by atoms with Gasteiger partial charge >= 0.3 is 0 Å². The summed E-state index contributed by atoms with van der Waals surface area (Å²) in [6.07, 6.45) is -1.87. The molecular weight excluding hydrogens is 408 g/mol. The van der Waals surface area contributed by atoms with Crippen LogP contribution in [0.15, 0.2) is 18.2 Å². The molecule has 0 aromatic heterocycles. The summed E-state index contributed by atoms with van der Waals surface area (Å²) >= 11 is 0. The SMILES string of the molecule is COc1cccc2c1C(=O)c1c(O)c3c(c(O)c1C2=O)C[C@@](O)(C(=O)CO)C[C@@H]3OC. The zero-order valence-electron chi connectivity index (χ0n) is 16.8. The number of phenolic OH excluding ortho intramolecular Hbond substituents is 2. The highest BCUT2D eigenvalue weighted by Gasteiger charge is 2.48. The van der Waals surface area contributed by atoms with Crippen LogP contribution in [0, 0.1) is 0 Å². The Morgan fingerprint density at radius 2 is 1.77 bits per heavy atom. The van der Waals surface area contributed by atoms with E-state index in [4.69, 9.17) is 9.47 Å². The summed E-state index contributed by atoms with van der Waals surface area (Å²) < 4.78 is 10.5. The minimum Gasteiger partial charge on any atom is -0.507 e. The van der Waals surface area contributed by atoms with Crippen molar-refractivity contribution in [2.24, 2.45) is 0 Å². The number of Topliss-reactive ketones (excluding diaryl/α,β-unsaturated/α-hetero) is 1. The highest BCUT2D eigenvalue weighted by molar-refractivity contribution is 6.31. The summed E-state index contributed by atoms with van der Waals surface area (Å²) in [7, 11) is 2.61. The molecule has 2 aromatic carbocycles. The largest absolute Gasteiger partial charge is 0.507 e. The Kier molecular flexibility index (Phi) is 4.84. The zero-order chi connectivity index (χ0) is 22.7. The van der Waals surface area contributed by atoms with E-state index in [0.717, 1.165) is 0 Å². The van der Waals surface area contributed by atoms with Crippen LogP contribution in [0.1, 0.15) is 55.5 Å². The molecule has 31 heavy (non-hydrogen) atoms. The van der Waals surface area contributed by atoms with Crippen molar-refractivity contribution in [2.45, 2.75) is 24.5 Å². The molecule has 0 aliphatic heterocycles. The third kappa shape index (κ3) is 2.78. The number of aliphatic hydroxyl groups is 2. The first-order chi connectivity index (χ1) is 14.7. The minimum atomic E-state index is -2.08. The van der Waals surface area contributed by atoms with E-state index in [1.165, 1.54) is 32.4 Å². The fourth-order valence-electron chi connectivity index (χ4n) is 4.48. The topological polar surface area (TPSA) is 151 Å². The average molecular weight is 428 g/mol. The number of methoxy groups -OCH3 is 2. The van der Waals surface area contributed by atoms with Crippen LogP contribution in [-0.2, 0) is 16.0 Å². The van der Waals surface area contributed by atoms with Crippen molar-refractivity contribution in [3.05, 3.63) is 51.6 Å². The van der Waals surface area contributed by atoms with Gasteiger partial charge in [-0.3, -0.25) is 14.4 Å². The predicted molar refractivity (Wildman–Crippen MR) is 105 cm³/mol. The number of ketones is 3. The van der Waals surface area contributed by atoms with Crippen molar-refractivity contribution < 1.29 is 44.3 Å². The van der Waals surface area contributed by atoms with Gasteiger partial charge in [0.2, 0.25) is 5.78 Å². The monoisotopic (exact) mass is 428 g/mol. The summed E-state index contributed by atoms with van der Waals surface area (Å²) in [5.74, 6) is -3.36. The van der Waals surface area contributed by atoms with Crippen LogP contribution >= 0.6 is 0 Å². The van der Waals surface area contributed by atoms with Crippen molar-refractivity contribution in [1.82, 2.24) is 0 Å². The fraction of sp³-hybridized carbons (Fsp3) is 0.318. The lowest BCUT2D eigenvalue weighted by Gasteiger charge is -2.38. The molecule has 0 spiro atoms. The zero-order valence-corrected chi connectivity index (χ0v) is 16.8. The molecule has 2 aromatic rings. The quantitative estimate of drug-likeness (QED) is 0.443. The first kappa shape index (κ1) is 21.0. The van der Waals surface area contributed by atoms with Crippen LogP contribution in [-0.4, -0.2) is 64.2 Å². The maximum Gasteiger partial charge on any atom is 0.202 e. The van der Waals surface area contributed by atoms with Crippen LogP contribution in [0.25, 0.3) is 0 Å². The molecule has 0 unspecified atom stereocenters. The van der Waals surface area contributed by atoms with Crippen LogP contribution < -0.4 is 4.74 Å². The number of phenols is 2. The predicted octanol–water partition coefficient (Wildman–Crippen LogP) is 0.808. The Balaban J connectivity index is 2.02. The van der Waals surface area contributed by atoms with Gasteiger partial charge in [-0.15, -0.1) is 0 Å². The number of rotatable bonds is 4. The Morgan fingerprint density at radius 1 is 1.10 bits per heavy atom. The number of fused-ring (bicyclic) bond motifs is 3. The Morgan fingerprint density at radius 3 is 2.39 bits per heavy atom. The first-order valence-corrected chi connectivity index (χ1v) is 9.46. The second-order valence-corrected chi connectivity index (χ2v) is 7.60. The number of hydrogen-bond donors (Lipinski definition) is 4. The van der Waals surface area contributed by atoms with Crippen LogP contribution in [0.5, 0.6) is 17.2 Å². The van der Waals surface area contributed by atoms with E-state index in [9.17, 15) is 34.8 Å². The van der Waals surface area contributed by atoms with Gasteiger partial charge in [-0.1, -0.05) is 12.1 Å². The van der Waals surface area contributed by atoms with Gasteiger partial charge < -0.3 is 29.9 Å². The number of carbonyl (C=O) groups is 3. The Labute approximate surface area is 176 Å². The molecule has 2 atom stereocenters. The van der Waals surface area contributed by atoms with Crippen molar-refractivity contribution in [2.75, 3.05) is 20.8 Å². The smallest absolute Gasteiger partial charge is 0.202 e. The summed E-state index contributed by atoms with van der Waals surface area (Å²) in [6.45, 7) is -0.940. The van der Waals surface area contributed by atoms with E-state index < -0.39 is 59.1 Å². The number of aromatic hydroxyl groups is 2. The second-order valence-electron chi connectivity index (χ2n) is 7.60. The molecule has 9 heteroatoms. The average Bonchev–Trinajstić information content (AvgIpc) is 2.77. The number of aliphatic hydroxyl groups excluding tert-OH is 1. The molecule has 0 radical (unpaired) electrons. The number of benzene rings is 2. The van der Waals surface area contributed by atoms with E-state index in [-0.39, 0.29) is 40.0 Å². The lowest BCUT2D eigenvalue weighted by Crippen LogP contribution is -2.47. The van der Waals surface area contributed by atoms with Gasteiger partial charge in [0.1, 0.15) is 29.5 Å². The van der Waals surface area contributed by atoms with Gasteiger partial charge in [-0.25, -0.2) is 0 Å². The molecule has 0 amide bonds. The second kappa shape index (κ2) is 7.16. The highest BCUT2D eigenvalue weighted by atomic mass is 16.5. The molecule has 0 heterocycles. The van der Waals surface area contributed by atoms with Crippen LogP contribution in [0.2, 0.25) is 0 Å². The normalized spacial score (nSPS) is 21.9. The van der Waals surface area contributed by atoms with Crippen molar-refractivity contribution in [3.8, 4) is 17.2 Å². The van der Waals surface area contributed by atoms with Crippen molar-refractivity contribution in [3.63, 3.8) is 0 Å². The van der Waals surface area contributed by atoms with Crippen molar-refractivity contribution in [1.29, 1.82) is 0 Å². The molecule has 0 bridgehead atoms. The lowest BCUT2D eigenvalue weighted by molar-refractivity contribution is -0.145. The lowest BCUT2D eigenvalue weighted by atomic mass is 9.72. The summed E-state index contributed by atoms with van der Waals surface area (Å²) in [6, 6.07) is 4.42. The fourth-order valence-corrected chi connectivity index (χ4v) is 4.48. The number of ether oxygens (including phenoxy) is 2. The summed E-state index contributed by atoms with van der Waals surface area (Å²) in [4.78, 5) is 38.7. The maximum atomic E-state index is 13.3. The number of carbonyl (C=O) groups excluding carboxylic acids is 3. The molecule has 162 valence electrons. The maximum absolute atomic E-state index is 13.3. The van der Waals surface area contributed by atoms with E-state index in [1.54, 1.807) is 0 Å². The van der Waals surface area contributed by atoms with Crippen LogP contribution in [0.4, 0.5) is 0 Å². The van der Waals surface area contributed by atoms with E-state index in [2.05, 4.69) is 0 Å². The minimum absolute atomic E-state index is 0.00713. The van der Waals surface area contributed by atoms with Gasteiger partial charge in [0.05, 0.1) is 29.9 Å². The Hall–Kier alpha value is -3.27. The van der Waals surface area contributed by atoms with Crippen molar-refractivity contribution >= 4 is 17.3 Å². The number of hydrogen-bond acceptors (Lipinski definition) is 9. The third-order valence-corrected chi connectivity index (χ3v) is 6.02. The molecule has 2 aliphatic carbocycles. The molecule has 4 rings (SSSR count). The third-order valence-electron chi connectivity index (χ3n) is 6.02.